The average molecular weight is 639 g/mol. The molecule has 0 amide bonds. The van der Waals surface area contributed by atoms with E-state index in [1.54, 1.807) is 6.20 Å². The molecule has 0 bridgehead atoms. The molecule has 50 heavy (non-hydrogen) atoms. The molecule has 0 spiro atoms. The zero-order valence-corrected chi connectivity index (χ0v) is 27.1. The van der Waals surface area contributed by atoms with Crippen LogP contribution in [0.2, 0.25) is 0 Å². The minimum Gasteiger partial charge on any atom is -0.454 e. The van der Waals surface area contributed by atoms with Crippen LogP contribution in [0.3, 0.4) is 0 Å². The lowest BCUT2D eigenvalue weighted by Crippen LogP contribution is -2.09. The van der Waals surface area contributed by atoms with E-state index in [1.807, 2.05) is 12.3 Å². The highest BCUT2D eigenvalue weighted by Crippen LogP contribution is 2.40. The molecule has 0 saturated carbocycles. The Morgan fingerprint density at radius 1 is 0.380 bits per heavy atom. The van der Waals surface area contributed by atoms with E-state index < -0.39 is 0 Å². The summed E-state index contributed by atoms with van der Waals surface area (Å²) in [6, 6.07) is 61.2. The van der Waals surface area contributed by atoms with Gasteiger partial charge in [0, 0.05) is 34.0 Å². The van der Waals surface area contributed by atoms with E-state index in [0.29, 0.717) is 0 Å². The van der Waals surface area contributed by atoms with Crippen LogP contribution < -0.4 is 4.90 Å². The Morgan fingerprint density at radius 2 is 1.04 bits per heavy atom. The molecule has 0 unspecified atom stereocenters. The maximum absolute atomic E-state index is 6.22. The Morgan fingerprint density at radius 3 is 1.88 bits per heavy atom. The first-order chi connectivity index (χ1) is 24.7. The number of furan rings is 1. The van der Waals surface area contributed by atoms with E-state index in [4.69, 9.17) is 4.42 Å². The molecule has 0 radical (unpaired) electrons. The molecule has 2 aromatic heterocycles. The molecule has 3 nitrogen and oxygen atoms in total. The van der Waals surface area contributed by atoms with Crippen molar-refractivity contribution in [2.24, 2.45) is 0 Å². The highest BCUT2D eigenvalue weighted by atomic mass is 16.3. The molecule has 0 saturated heterocycles. The molecule has 0 aliphatic rings. The maximum atomic E-state index is 6.22. The van der Waals surface area contributed by atoms with Gasteiger partial charge in [-0.3, -0.25) is 4.98 Å². The predicted octanol–water partition coefficient (Wildman–Crippen LogP) is 13.2. The summed E-state index contributed by atoms with van der Waals surface area (Å²) in [6.45, 7) is 0. The Labute approximate surface area is 289 Å². The fourth-order valence-corrected chi connectivity index (χ4v) is 7.39. The highest BCUT2D eigenvalue weighted by Gasteiger charge is 2.16. The Balaban J connectivity index is 1.09. The third-order valence-corrected chi connectivity index (χ3v) is 9.91. The molecule has 3 heteroatoms. The molecule has 0 N–H and O–H groups in total. The Bertz CT molecular complexity index is 2860. The quantitative estimate of drug-likeness (QED) is 0.188. The molecule has 0 aliphatic carbocycles. The minimum atomic E-state index is 0.803. The van der Waals surface area contributed by atoms with Crippen LogP contribution >= 0.6 is 0 Å². The third-order valence-electron chi connectivity index (χ3n) is 9.91. The van der Waals surface area contributed by atoms with Crippen molar-refractivity contribution in [1.29, 1.82) is 0 Å². The van der Waals surface area contributed by atoms with Gasteiger partial charge in [0.2, 0.25) is 0 Å². The van der Waals surface area contributed by atoms with Crippen LogP contribution in [0.15, 0.2) is 187 Å². The van der Waals surface area contributed by atoms with E-state index >= 15 is 0 Å². The van der Waals surface area contributed by atoms with Gasteiger partial charge in [-0.05, 0) is 115 Å². The van der Waals surface area contributed by atoms with E-state index in [9.17, 15) is 0 Å². The van der Waals surface area contributed by atoms with Crippen LogP contribution in [0.5, 0.6) is 0 Å². The fourth-order valence-electron chi connectivity index (χ4n) is 7.39. The number of benzene rings is 8. The van der Waals surface area contributed by atoms with Crippen molar-refractivity contribution < 1.29 is 4.42 Å². The summed E-state index contributed by atoms with van der Waals surface area (Å²) < 4.78 is 6.22. The molecule has 0 aliphatic heterocycles. The van der Waals surface area contributed by atoms with Crippen molar-refractivity contribution in [2.45, 2.75) is 0 Å². The summed E-state index contributed by atoms with van der Waals surface area (Å²) in [7, 11) is 0. The second kappa shape index (κ2) is 11.5. The van der Waals surface area contributed by atoms with Gasteiger partial charge < -0.3 is 9.32 Å². The topological polar surface area (TPSA) is 29.3 Å². The molecule has 10 aromatic rings. The van der Waals surface area contributed by atoms with Gasteiger partial charge in [0.1, 0.15) is 5.58 Å². The van der Waals surface area contributed by atoms with Crippen molar-refractivity contribution >= 4 is 71.3 Å². The Hall–Kier alpha value is -6.71. The number of pyridine rings is 1. The smallest absolute Gasteiger partial charge is 0.153 e. The summed E-state index contributed by atoms with van der Waals surface area (Å²) in [5.74, 6) is 0. The lowest BCUT2D eigenvalue weighted by atomic mass is 9.98. The summed E-state index contributed by atoms with van der Waals surface area (Å²) >= 11 is 0. The average Bonchev–Trinajstić information content (AvgIpc) is 3.54. The zero-order valence-electron chi connectivity index (χ0n) is 27.1. The van der Waals surface area contributed by atoms with Crippen molar-refractivity contribution in [1.82, 2.24) is 4.98 Å². The Kier molecular flexibility index (Phi) is 6.49. The molecule has 8 aromatic carbocycles. The second-order valence-corrected chi connectivity index (χ2v) is 12.9. The maximum Gasteiger partial charge on any atom is 0.153 e. The van der Waals surface area contributed by atoms with Gasteiger partial charge in [-0.1, -0.05) is 109 Å². The van der Waals surface area contributed by atoms with Gasteiger partial charge in [-0.25, -0.2) is 0 Å². The first-order valence-electron chi connectivity index (χ1n) is 16.9. The van der Waals surface area contributed by atoms with Gasteiger partial charge in [0.05, 0.1) is 6.20 Å². The van der Waals surface area contributed by atoms with Gasteiger partial charge in [-0.15, -0.1) is 0 Å². The van der Waals surface area contributed by atoms with Crippen LogP contribution in [-0.2, 0) is 0 Å². The summed E-state index contributed by atoms with van der Waals surface area (Å²) in [5, 5.41) is 9.46. The van der Waals surface area contributed by atoms with Gasteiger partial charge >= 0.3 is 0 Å². The molecule has 234 valence electrons. The monoisotopic (exact) mass is 638 g/mol. The molecule has 10 rings (SSSR count). The van der Waals surface area contributed by atoms with E-state index in [0.717, 1.165) is 44.4 Å². The van der Waals surface area contributed by atoms with Gasteiger partial charge in [0.15, 0.2) is 5.58 Å². The summed E-state index contributed by atoms with van der Waals surface area (Å²) in [6.07, 6.45) is 3.61. The first-order valence-corrected chi connectivity index (χ1v) is 16.9. The largest absolute Gasteiger partial charge is 0.454 e. The van der Waals surface area contributed by atoms with Crippen LogP contribution in [0.4, 0.5) is 17.1 Å². The molecular formula is C47H30N2O. The van der Waals surface area contributed by atoms with E-state index in [1.165, 1.54) is 49.2 Å². The number of nitrogens with zero attached hydrogens (tertiary/aromatic N) is 2. The number of aromatic nitrogens is 1. The number of hydrogen-bond acceptors (Lipinski definition) is 3. The predicted molar refractivity (Wildman–Crippen MR) is 210 cm³/mol. The van der Waals surface area contributed by atoms with E-state index in [2.05, 4.69) is 174 Å². The van der Waals surface area contributed by atoms with Crippen molar-refractivity contribution in [3.63, 3.8) is 0 Å². The zero-order chi connectivity index (χ0) is 33.0. The third kappa shape index (κ3) is 4.79. The van der Waals surface area contributed by atoms with Crippen LogP contribution in [0, 0.1) is 0 Å². The number of hydrogen-bond donors (Lipinski definition) is 0. The summed E-state index contributed by atoms with van der Waals surface area (Å²) in [5.41, 5.74) is 9.73. The SMILES string of the molecule is c1ccc2cc(-c3ccc(N(c4ccc(-c5cccc6ccccc56)cc4)c4ccc5cc6c(cc5c4)oc4cnccc46)cc3)ccc2c1. The fraction of sp³-hybridized carbons (Fsp3) is 0. The molecule has 0 fully saturated rings. The van der Waals surface area contributed by atoms with E-state index in [-0.39, 0.29) is 0 Å². The molecule has 0 atom stereocenters. The number of anilines is 3. The molecule has 2 heterocycles. The van der Waals surface area contributed by atoms with Crippen molar-refractivity contribution in [3.8, 4) is 22.3 Å². The standard InChI is InChI=1S/C47H30N2O/c1-2-8-35-26-36(13-12-31(35)6-1)32-14-19-39(20-15-32)49(40-21-16-34(17-22-40)43-11-5-9-33-7-3-4-10-42(33)43)41-23-18-37-28-45-44-24-25-48-30-47(44)50-46(45)29-38(37)27-41/h1-30H. The van der Waals surface area contributed by atoms with Gasteiger partial charge in [-0.2, -0.15) is 0 Å². The first kappa shape index (κ1) is 28.3. The minimum absolute atomic E-state index is 0.803. The van der Waals surface area contributed by atoms with Crippen LogP contribution in [0.1, 0.15) is 0 Å². The number of fused-ring (bicyclic) bond motifs is 6. The van der Waals surface area contributed by atoms with Crippen molar-refractivity contribution in [3.05, 3.63) is 182 Å². The van der Waals surface area contributed by atoms with Gasteiger partial charge in [0.25, 0.3) is 0 Å². The highest BCUT2D eigenvalue weighted by molar-refractivity contribution is 6.10. The molecular weight excluding hydrogens is 609 g/mol. The van der Waals surface area contributed by atoms with Crippen LogP contribution in [-0.4, -0.2) is 4.98 Å². The lowest BCUT2D eigenvalue weighted by molar-refractivity contribution is 0.667. The second-order valence-electron chi connectivity index (χ2n) is 12.9. The van der Waals surface area contributed by atoms with Crippen LogP contribution in [0.25, 0.3) is 76.5 Å². The number of rotatable bonds is 5. The normalized spacial score (nSPS) is 11.6. The summed E-state index contributed by atoms with van der Waals surface area (Å²) in [4.78, 5) is 6.60. The lowest BCUT2D eigenvalue weighted by Gasteiger charge is -2.26. The van der Waals surface area contributed by atoms with Crippen molar-refractivity contribution in [2.75, 3.05) is 4.90 Å².